The molecule has 0 fully saturated rings. The zero-order valence-electron chi connectivity index (χ0n) is 13.1. The first kappa shape index (κ1) is 17.0. The van der Waals surface area contributed by atoms with Gasteiger partial charge >= 0.3 is 0 Å². The molecular weight excluding hydrogens is 272 g/mol. The summed E-state index contributed by atoms with van der Waals surface area (Å²) < 4.78 is 24.2. The Hall–Kier alpha value is -1.07. The Kier molecular flexibility index (Phi) is 5.59. The summed E-state index contributed by atoms with van der Waals surface area (Å²) >= 11 is 0. The SMILES string of the molecule is CCS(=O)(=O)c1ccccc1N(C)CCNC(C)(C)C. The number of hydrogen-bond donors (Lipinski definition) is 1. The molecule has 0 unspecified atom stereocenters. The maximum Gasteiger partial charge on any atom is 0.180 e. The lowest BCUT2D eigenvalue weighted by Crippen LogP contribution is -2.40. The van der Waals surface area contributed by atoms with E-state index >= 15 is 0 Å². The van der Waals surface area contributed by atoms with Crippen LogP contribution in [0.5, 0.6) is 0 Å². The molecular formula is C15H26N2O2S. The van der Waals surface area contributed by atoms with Crippen LogP contribution in [-0.4, -0.2) is 39.8 Å². The van der Waals surface area contributed by atoms with Crippen molar-refractivity contribution in [1.29, 1.82) is 0 Å². The highest BCUT2D eigenvalue weighted by molar-refractivity contribution is 7.91. The second kappa shape index (κ2) is 6.59. The monoisotopic (exact) mass is 298 g/mol. The van der Waals surface area contributed by atoms with Gasteiger partial charge in [0.2, 0.25) is 0 Å². The van der Waals surface area contributed by atoms with Gasteiger partial charge in [-0.2, -0.15) is 0 Å². The molecule has 0 aromatic heterocycles. The molecule has 0 radical (unpaired) electrons. The predicted octanol–water partition coefficient (Wildman–Crippen LogP) is 2.30. The van der Waals surface area contributed by atoms with Gasteiger partial charge in [-0.25, -0.2) is 8.42 Å². The predicted molar refractivity (Wildman–Crippen MR) is 85.2 cm³/mol. The summed E-state index contributed by atoms with van der Waals surface area (Å²) in [5, 5.41) is 3.40. The van der Waals surface area contributed by atoms with Gasteiger partial charge in [0.1, 0.15) is 0 Å². The molecule has 1 N–H and O–H groups in total. The number of hydrogen-bond acceptors (Lipinski definition) is 4. The quantitative estimate of drug-likeness (QED) is 0.875. The lowest BCUT2D eigenvalue weighted by atomic mass is 10.1. The first-order valence-electron chi connectivity index (χ1n) is 6.95. The molecule has 0 amide bonds. The summed E-state index contributed by atoms with van der Waals surface area (Å²) in [6.07, 6.45) is 0. The third kappa shape index (κ3) is 4.80. The van der Waals surface area contributed by atoms with Gasteiger partial charge in [0.05, 0.1) is 16.3 Å². The average molecular weight is 298 g/mol. The number of nitrogens with one attached hydrogen (secondary N) is 1. The van der Waals surface area contributed by atoms with Crippen molar-refractivity contribution in [2.24, 2.45) is 0 Å². The Balaban J connectivity index is 2.86. The number of sulfone groups is 1. The highest BCUT2D eigenvalue weighted by atomic mass is 32.2. The van der Waals surface area contributed by atoms with Crippen LogP contribution in [0.3, 0.4) is 0 Å². The topological polar surface area (TPSA) is 49.4 Å². The van der Waals surface area contributed by atoms with Crippen LogP contribution in [0, 0.1) is 0 Å². The number of benzene rings is 1. The van der Waals surface area contributed by atoms with Crippen molar-refractivity contribution in [2.75, 3.05) is 30.8 Å². The molecule has 1 aromatic carbocycles. The summed E-state index contributed by atoms with van der Waals surface area (Å²) in [4.78, 5) is 2.40. The molecule has 0 aliphatic heterocycles. The summed E-state index contributed by atoms with van der Waals surface area (Å²) in [5.41, 5.74) is 0.834. The van der Waals surface area contributed by atoms with Crippen molar-refractivity contribution < 1.29 is 8.42 Å². The van der Waals surface area contributed by atoms with E-state index in [1.807, 2.05) is 24.1 Å². The van der Waals surface area contributed by atoms with E-state index in [4.69, 9.17) is 0 Å². The molecule has 114 valence electrons. The summed E-state index contributed by atoms with van der Waals surface area (Å²) in [6, 6.07) is 7.19. The molecule has 5 heteroatoms. The number of likely N-dealkylation sites (N-methyl/N-ethyl adjacent to an activating group) is 1. The van der Waals surface area contributed by atoms with Crippen molar-refractivity contribution in [3.8, 4) is 0 Å². The second-order valence-electron chi connectivity index (χ2n) is 5.97. The third-order valence-corrected chi connectivity index (χ3v) is 4.87. The highest BCUT2D eigenvalue weighted by Crippen LogP contribution is 2.24. The van der Waals surface area contributed by atoms with Gasteiger partial charge in [0.15, 0.2) is 9.84 Å². The Morgan fingerprint density at radius 3 is 2.35 bits per heavy atom. The van der Waals surface area contributed by atoms with Gasteiger partial charge in [0.25, 0.3) is 0 Å². The van der Waals surface area contributed by atoms with Crippen molar-refractivity contribution in [2.45, 2.75) is 38.1 Å². The molecule has 0 atom stereocenters. The zero-order valence-corrected chi connectivity index (χ0v) is 13.9. The van der Waals surface area contributed by atoms with Crippen LogP contribution in [0.25, 0.3) is 0 Å². The third-order valence-electron chi connectivity index (χ3n) is 3.09. The highest BCUT2D eigenvalue weighted by Gasteiger charge is 2.18. The largest absolute Gasteiger partial charge is 0.372 e. The van der Waals surface area contributed by atoms with Gasteiger partial charge in [-0.15, -0.1) is 0 Å². The molecule has 20 heavy (non-hydrogen) atoms. The standard InChI is InChI=1S/C15H26N2O2S/c1-6-20(18,19)14-10-8-7-9-13(14)17(5)12-11-16-15(2,3)4/h7-10,16H,6,11-12H2,1-5H3. The van der Waals surface area contributed by atoms with E-state index < -0.39 is 9.84 Å². The zero-order chi connectivity index (χ0) is 15.4. The summed E-state index contributed by atoms with van der Waals surface area (Å²) in [6.45, 7) is 9.58. The van der Waals surface area contributed by atoms with Gasteiger partial charge in [0, 0.05) is 25.7 Å². The van der Waals surface area contributed by atoms with Crippen LogP contribution in [-0.2, 0) is 9.84 Å². The molecule has 1 aromatic rings. The molecule has 4 nitrogen and oxygen atoms in total. The van der Waals surface area contributed by atoms with Gasteiger partial charge < -0.3 is 10.2 Å². The number of anilines is 1. The van der Waals surface area contributed by atoms with E-state index in [2.05, 4.69) is 26.1 Å². The van der Waals surface area contributed by atoms with Gasteiger partial charge in [-0.1, -0.05) is 19.1 Å². The minimum absolute atomic E-state index is 0.0653. The number of para-hydroxylation sites is 1. The Labute approximate surface area is 123 Å². The molecule has 0 saturated carbocycles. The van der Waals surface area contributed by atoms with Crippen LogP contribution in [0.15, 0.2) is 29.2 Å². The molecule has 0 aliphatic carbocycles. The first-order valence-corrected chi connectivity index (χ1v) is 8.60. The Morgan fingerprint density at radius 1 is 1.20 bits per heavy atom. The minimum atomic E-state index is -3.19. The molecule has 0 spiro atoms. The average Bonchev–Trinajstić information content (AvgIpc) is 2.37. The Morgan fingerprint density at radius 2 is 1.80 bits per heavy atom. The first-order chi connectivity index (χ1) is 9.17. The van der Waals surface area contributed by atoms with E-state index in [1.165, 1.54) is 0 Å². The van der Waals surface area contributed by atoms with Crippen LogP contribution < -0.4 is 10.2 Å². The van der Waals surface area contributed by atoms with E-state index in [-0.39, 0.29) is 11.3 Å². The van der Waals surface area contributed by atoms with Crippen LogP contribution >= 0.6 is 0 Å². The van der Waals surface area contributed by atoms with E-state index in [9.17, 15) is 8.42 Å². The van der Waals surface area contributed by atoms with Crippen molar-refractivity contribution >= 4 is 15.5 Å². The fraction of sp³-hybridized carbons (Fsp3) is 0.600. The normalized spacial score (nSPS) is 12.4. The lowest BCUT2D eigenvalue weighted by molar-refractivity contribution is 0.430. The van der Waals surface area contributed by atoms with Crippen molar-refractivity contribution in [3.63, 3.8) is 0 Å². The van der Waals surface area contributed by atoms with Crippen molar-refractivity contribution in [1.82, 2.24) is 5.32 Å². The second-order valence-corrected chi connectivity index (χ2v) is 8.22. The smallest absolute Gasteiger partial charge is 0.180 e. The summed E-state index contributed by atoms with van der Waals surface area (Å²) in [7, 11) is -1.26. The fourth-order valence-corrected chi connectivity index (χ4v) is 3.05. The molecule has 0 saturated heterocycles. The van der Waals surface area contributed by atoms with E-state index in [1.54, 1.807) is 19.1 Å². The molecule has 0 bridgehead atoms. The lowest BCUT2D eigenvalue weighted by Gasteiger charge is -2.26. The maximum atomic E-state index is 12.1. The van der Waals surface area contributed by atoms with Crippen LogP contribution in [0.4, 0.5) is 5.69 Å². The number of nitrogens with zero attached hydrogens (tertiary/aromatic N) is 1. The van der Waals surface area contributed by atoms with Gasteiger partial charge in [-0.3, -0.25) is 0 Å². The molecule has 1 rings (SSSR count). The molecule has 0 aliphatic rings. The number of rotatable bonds is 6. The van der Waals surface area contributed by atoms with E-state index in [0.717, 1.165) is 18.8 Å². The maximum absolute atomic E-state index is 12.1. The molecule has 0 heterocycles. The summed E-state index contributed by atoms with van der Waals surface area (Å²) in [5.74, 6) is 0.123. The van der Waals surface area contributed by atoms with Crippen LogP contribution in [0.1, 0.15) is 27.7 Å². The fourth-order valence-electron chi connectivity index (χ4n) is 1.91. The Bertz CT molecular complexity index is 533. The minimum Gasteiger partial charge on any atom is -0.372 e. The van der Waals surface area contributed by atoms with Gasteiger partial charge in [-0.05, 0) is 32.9 Å². The van der Waals surface area contributed by atoms with E-state index in [0.29, 0.717) is 4.90 Å². The van der Waals surface area contributed by atoms with Crippen molar-refractivity contribution in [3.05, 3.63) is 24.3 Å². The van der Waals surface area contributed by atoms with Crippen LogP contribution in [0.2, 0.25) is 0 Å².